The molecule has 3 heterocycles. The number of rotatable bonds is 8. The van der Waals surface area contributed by atoms with Crippen molar-refractivity contribution < 1.29 is 0 Å². The van der Waals surface area contributed by atoms with Gasteiger partial charge >= 0.3 is 0 Å². The SMILES string of the molecule is c1cc2nc(c1)CN(Cc1ccc3ccccc3c1)CCN(Cc1ccc3ccccc3c1)Cc1cccc(n1)CN(Cc1ccc3ccccc3c1)CCN(Cc1ccc3ccccc3c1)C2. The van der Waals surface area contributed by atoms with Crippen molar-refractivity contribution in [3.63, 3.8) is 0 Å². The van der Waals surface area contributed by atoms with Gasteiger partial charge < -0.3 is 0 Å². The Hall–Kier alpha value is -7.06. The van der Waals surface area contributed by atoms with Gasteiger partial charge in [-0.2, -0.15) is 0 Å². The Morgan fingerprint density at radius 1 is 0.250 bits per heavy atom. The first kappa shape index (κ1) is 43.5. The Morgan fingerprint density at radius 3 is 0.735 bits per heavy atom. The summed E-state index contributed by atoms with van der Waals surface area (Å²) in [5.41, 5.74) is 9.65. The number of aromatic nitrogens is 2. The van der Waals surface area contributed by atoms with Crippen LogP contribution >= 0.6 is 0 Å². The molecular formula is C62H58N6. The molecule has 0 saturated carbocycles. The van der Waals surface area contributed by atoms with Crippen LogP contribution in [0.3, 0.4) is 0 Å². The minimum absolute atomic E-state index is 0.752. The van der Waals surface area contributed by atoms with Gasteiger partial charge in [0.15, 0.2) is 0 Å². The molecule has 1 aliphatic heterocycles. The molecule has 10 aromatic rings. The lowest BCUT2D eigenvalue weighted by atomic mass is 10.1. The van der Waals surface area contributed by atoms with E-state index in [-0.39, 0.29) is 0 Å². The van der Waals surface area contributed by atoms with Crippen molar-refractivity contribution in [2.24, 2.45) is 0 Å². The molecule has 6 nitrogen and oxygen atoms in total. The van der Waals surface area contributed by atoms with Crippen LogP contribution in [0.2, 0.25) is 0 Å². The second kappa shape index (κ2) is 20.4. The standard InChI is InChI=1S/C62H58N6/c1-5-15-55-35-47(23-27-51(55)11-1)39-65-31-32-66(40-48-24-28-52-12-2-6-16-56(52)36-48)44-61-21-10-22-62(64-61)46-68(42-50-26-30-54-14-4-8-18-58(54)38-50)34-33-67(45-60-20-9-19-59(43-65)63-60)41-49-25-29-53-13-3-7-17-57(53)37-49/h1-30,35-38H,31-34,39-46H2. The number of pyridine rings is 2. The molecule has 4 bridgehead atoms. The highest BCUT2D eigenvalue weighted by Crippen LogP contribution is 2.24. The van der Waals surface area contributed by atoms with E-state index in [1.54, 1.807) is 0 Å². The van der Waals surface area contributed by atoms with E-state index in [4.69, 9.17) is 9.97 Å². The molecule has 0 radical (unpaired) electrons. The summed E-state index contributed by atoms with van der Waals surface area (Å²) in [7, 11) is 0. The van der Waals surface area contributed by atoms with Gasteiger partial charge in [-0.1, -0.05) is 158 Å². The predicted octanol–water partition coefficient (Wildman–Crippen LogP) is 12.8. The molecule has 0 amide bonds. The van der Waals surface area contributed by atoms with Crippen LogP contribution in [0.25, 0.3) is 43.1 Å². The summed E-state index contributed by atoms with van der Waals surface area (Å²) < 4.78 is 0. The molecule has 8 aromatic carbocycles. The van der Waals surface area contributed by atoms with E-state index in [1.807, 2.05) is 0 Å². The molecule has 0 unspecified atom stereocenters. The third kappa shape index (κ3) is 10.9. The van der Waals surface area contributed by atoms with Crippen LogP contribution in [0.5, 0.6) is 0 Å². The molecule has 2 aromatic heterocycles. The average molecular weight is 887 g/mol. The van der Waals surface area contributed by atoms with E-state index >= 15 is 0 Å². The van der Waals surface area contributed by atoms with Gasteiger partial charge in [0.1, 0.15) is 0 Å². The molecule has 0 atom stereocenters. The smallest absolute Gasteiger partial charge is 0.0548 e. The summed E-state index contributed by atoms with van der Waals surface area (Å²) in [6.07, 6.45) is 0. The van der Waals surface area contributed by atoms with Crippen molar-refractivity contribution in [2.45, 2.75) is 52.4 Å². The molecule has 0 saturated heterocycles. The summed E-state index contributed by atoms with van der Waals surface area (Å²) in [5.74, 6) is 0. The minimum Gasteiger partial charge on any atom is -0.292 e. The first-order valence-electron chi connectivity index (χ1n) is 24.3. The molecule has 68 heavy (non-hydrogen) atoms. The zero-order chi connectivity index (χ0) is 45.5. The number of nitrogens with zero attached hydrogens (tertiary/aromatic N) is 6. The number of benzene rings is 8. The number of hydrogen-bond donors (Lipinski definition) is 0. The quantitative estimate of drug-likeness (QED) is 0.151. The van der Waals surface area contributed by atoms with Gasteiger partial charge in [0.25, 0.3) is 0 Å². The van der Waals surface area contributed by atoms with Gasteiger partial charge in [0, 0.05) is 78.5 Å². The van der Waals surface area contributed by atoms with Gasteiger partial charge in [0.2, 0.25) is 0 Å². The summed E-state index contributed by atoms with van der Waals surface area (Å²) >= 11 is 0. The van der Waals surface area contributed by atoms with E-state index in [0.717, 1.165) is 101 Å². The molecule has 0 aliphatic carbocycles. The molecule has 6 heteroatoms. The third-order valence-corrected chi connectivity index (χ3v) is 13.6. The molecular weight excluding hydrogens is 829 g/mol. The highest BCUT2D eigenvalue weighted by Gasteiger charge is 2.19. The fraction of sp³-hybridized carbons (Fsp3) is 0.194. The fourth-order valence-corrected chi connectivity index (χ4v) is 10.1. The van der Waals surface area contributed by atoms with Crippen molar-refractivity contribution in [1.82, 2.24) is 29.6 Å². The summed E-state index contributed by atoms with van der Waals surface area (Å²) in [4.78, 5) is 21.3. The van der Waals surface area contributed by atoms with E-state index in [0.29, 0.717) is 0 Å². The van der Waals surface area contributed by atoms with Gasteiger partial charge in [-0.25, -0.2) is 0 Å². The first-order valence-corrected chi connectivity index (χ1v) is 24.3. The van der Waals surface area contributed by atoms with Crippen LogP contribution < -0.4 is 0 Å². The van der Waals surface area contributed by atoms with Crippen LogP contribution in [0.4, 0.5) is 0 Å². The third-order valence-electron chi connectivity index (χ3n) is 13.6. The van der Waals surface area contributed by atoms with Gasteiger partial charge in [-0.15, -0.1) is 0 Å². The second-order valence-corrected chi connectivity index (χ2v) is 18.8. The van der Waals surface area contributed by atoms with Crippen molar-refractivity contribution in [3.8, 4) is 0 Å². The van der Waals surface area contributed by atoms with Crippen LogP contribution in [0, 0.1) is 0 Å². The van der Waals surface area contributed by atoms with Crippen molar-refractivity contribution in [3.05, 3.63) is 251 Å². The molecule has 336 valence electrons. The van der Waals surface area contributed by atoms with Crippen molar-refractivity contribution >= 4 is 43.1 Å². The molecule has 0 N–H and O–H groups in total. The zero-order valence-corrected chi connectivity index (χ0v) is 38.8. The fourth-order valence-electron chi connectivity index (χ4n) is 10.1. The Labute approximate surface area is 400 Å². The Morgan fingerprint density at radius 2 is 0.485 bits per heavy atom. The molecule has 0 fully saturated rings. The van der Waals surface area contributed by atoms with E-state index in [2.05, 4.69) is 226 Å². The Kier molecular flexibility index (Phi) is 13.1. The van der Waals surface area contributed by atoms with Crippen LogP contribution in [-0.4, -0.2) is 55.7 Å². The largest absolute Gasteiger partial charge is 0.292 e. The zero-order valence-electron chi connectivity index (χ0n) is 38.8. The normalized spacial score (nSPS) is 15.2. The predicted molar refractivity (Wildman–Crippen MR) is 281 cm³/mol. The number of hydrogen-bond acceptors (Lipinski definition) is 6. The van der Waals surface area contributed by atoms with Crippen molar-refractivity contribution in [2.75, 3.05) is 26.2 Å². The van der Waals surface area contributed by atoms with Crippen LogP contribution in [0.1, 0.15) is 45.0 Å². The lowest BCUT2D eigenvalue weighted by Gasteiger charge is -2.30. The maximum atomic E-state index is 5.45. The van der Waals surface area contributed by atoms with E-state index < -0.39 is 0 Å². The maximum absolute atomic E-state index is 5.45. The van der Waals surface area contributed by atoms with Gasteiger partial charge in [-0.05, 0) is 114 Å². The molecule has 1 aliphatic rings. The minimum atomic E-state index is 0.752. The van der Waals surface area contributed by atoms with E-state index in [9.17, 15) is 0 Å². The Bertz CT molecular complexity index is 2890. The first-order chi connectivity index (χ1) is 33.6. The topological polar surface area (TPSA) is 38.7 Å². The molecule has 0 spiro atoms. The lowest BCUT2D eigenvalue weighted by Crippen LogP contribution is -2.36. The molecule has 11 rings (SSSR count). The van der Waals surface area contributed by atoms with Gasteiger partial charge in [0.05, 0.1) is 22.8 Å². The van der Waals surface area contributed by atoms with Gasteiger partial charge in [-0.3, -0.25) is 29.6 Å². The second-order valence-electron chi connectivity index (χ2n) is 18.8. The summed E-state index contributed by atoms with van der Waals surface area (Å²) in [5, 5.41) is 10.2. The number of fused-ring (bicyclic) bond motifs is 8. The summed E-state index contributed by atoms with van der Waals surface area (Å²) in [6, 6.07) is 75.7. The van der Waals surface area contributed by atoms with Crippen molar-refractivity contribution in [1.29, 1.82) is 0 Å². The highest BCUT2D eigenvalue weighted by atomic mass is 15.2. The summed E-state index contributed by atoms with van der Waals surface area (Å²) in [6.45, 7) is 9.82. The highest BCUT2D eigenvalue weighted by molar-refractivity contribution is 5.85. The Balaban J connectivity index is 0.946. The average Bonchev–Trinajstić information content (AvgIpc) is 3.37. The monoisotopic (exact) mass is 886 g/mol. The van der Waals surface area contributed by atoms with Crippen LogP contribution in [0.15, 0.2) is 206 Å². The maximum Gasteiger partial charge on any atom is 0.0548 e. The lowest BCUT2D eigenvalue weighted by molar-refractivity contribution is 0.174. The van der Waals surface area contributed by atoms with Crippen LogP contribution in [-0.2, 0) is 52.4 Å². The van der Waals surface area contributed by atoms with E-state index in [1.165, 1.54) is 65.3 Å².